The molecule has 2 aromatic carbocycles. The van der Waals surface area contributed by atoms with E-state index < -0.39 is 5.92 Å². The number of carbonyl (C=O) groups excluding carboxylic acids is 2. The van der Waals surface area contributed by atoms with Gasteiger partial charge in [-0.3, -0.25) is 9.59 Å². The van der Waals surface area contributed by atoms with E-state index in [1.54, 1.807) is 17.0 Å². The molecule has 148 valence electrons. The summed E-state index contributed by atoms with van der Waals surface area (Å²) in [6, 6.07) is 14.1. The molecule has 0 bridgehead atoms. The molecular weight excluding hydrogens is 381 g/mol. The van der Waals surface area contributed by atoms with Crippen LogP contribution in [0.5, 0.6) is 0 Å². The van der Waals surface area contributed by atoms with Crippen molar-refractivity contribution in [3.05, 3.63) is 65.5 Å². The van der Waals surface area contributed by atoms with Crippen molar-refractivity contribution in [3.63, 3.8) is 0 Å². The Morgan fingerprint density at radius 1 is 1.18 bits per heavy atom. The Kier molecular flexibility index (Phi) is 6.31. The van der Waals surface area contributed by atoms with Crippen LogP contribution in [0.2, 0.25) is 0 Å². The monoisotopic (exact) mass is 403 g/mol. The van der Waals surface area contributed by atoms with Crippen molar-refractivity contribution in [1.82, 2.24) is 10.6 Å². The molecule has 1 fully saturated rings. The summed E-state index contributed by atoms with van der Waals surface area (Å²) in [7, 11) is 0. The van der Waals surface area contributed by atoms with Crippen molar-refractivity contribution in [2.75, 3.05) is 24.5 Å². The molecule has 0 aromatic heterocycles. The van der Waals surface area contributed by atoms with Crippen LogP contribution in [0.15, 0.2) is 48.5 Å². The SMILES string of the molecule is Cl.O=C(NCC1NCCc2ccccc21)C1CCN(c2ccc(F)cc2)C1=O. The van der Waals surface area contributed by atoms with Crippen LogP contribution in [0.1, 0.15) is 23.6 Å². The molecule has 0 radical (unpaired) electrons. The Morgan fingerprint density at radius 2 is 1.93 bits per heavy atom. The van der Waals surface area contributed by atoms with Crippen LogP contribution in [0, 0.1) is 11.7 Å². The summed E-state index contributed by atoms with van der Waals surface area (Å²) in [5.41, 5.74) is 3.13. The Labute approximate surface area is 169 Å². The van der Waals surface area contributed by atoms with Crippen LogP contribution in [-0.2, 0) is 16.0 Å². The number of rotatable bonds is 4. The lowest BCUT2D eigenvalue weighted by atomic mass is 9.94. The first-order valence-electron chi connectivity index (χ1n) is 9.29. The number of nitrogens with zero attached hydrogens (tertiary/aromatic N) is 1. The summed E-state index contributed by atoms with van der Waals surface area (Å²) in [5.74, 6) is -1.50. The number of benzene rings is 2. The Balaban J connectivity index is 0.00000225. The highest BCUT2D eigenvalue weighted by molar-refractivity contribution is 6.09. The van der Waals surface area contributed by atoms with Gasteiger partial charge in [-0.05, 0) is 54.8 Å². The van der Waals surface area contributed by atoms with Crippen molar-refractivity contribution in [3.8, 4) is 0 Å². The molecule has 2 aliphatic heterocycles. The summed E-state index contributed by atoms with van der Waals surface area (Å²) in [6.07, 6.45) is 1.45. The third-order valence-corrected chi connectivity index (χ3v) is 5.36. The van der Waals surface area contributed by atoms with Gasteiger partial charge in [0.05, 0.1) is 0 Å². The van der Waals surface area contributed by atoms with E-state index in [2.05, 4.69) is 22.8 Å². The van der Waals surface area contributed by atoms with E-state index in [0.29, 0.717) is 25.2 Å². The van der Waals surface area contributed by atoms with E-state index in [0.717, 1.165) is 13.0 Å². The van der Waals surface area contributed by atoms with Gasteiger partial charge in [0.15, 0.2) is 0 Å². The van der Waals surface area contributed by atoms with Crippen LogP contribution in [0.4, 0.5) is 10.1 Å². The maximum absolute atomic E-state index is 13.1. The predicted molar refractivity (Wildman–Crippen MR) is 108 cm³/mol. The first kappa shape index (κ1) is 20.3. The van der Waals surface area contributed by atoms with Crippen LogP contribution in [-0.4, -0.2) is 31.4 Å². The molecule has 28 heavy (non-hydrogen) atoms. The Morgan fingerprint density at radius 3 is 2.71 bits per heavy atom. The first-order valence-corrected chi connectivity index (χ1v) is 9.29. The van der Waals surface area contributed by atoms with Gasteiger partial charge in [-0.1, -0.05) is 24.3 Å². The average Bonchev–Trinajstić information content (AvgIpc) is 3.08. The minimum Gasteiger partial charge on any atom is -0.353 e. The lowest BCUT2D eigenvalue weighted by Crippen LogP contribution is -2.42. The number of carbonyl (C=O) groups is 2. The van der Waals surface area contributed by atoms with E-state index in [9.17, 15) is 14.0 Å². The number of fused-ring (bicyclic) bond motifs is 1. The maximum Gasteiger partial charge on any atom is 0.239 e. The van der Waals surface area contributed by atoms with E-state index in [4.69, 9.17) is 0 Å². The number of hydrogen-bond donors (Lipinski definition) is 2. The molecule has 2 atom stereocenters. The molecule has 2 unspecified atom stereocenters. The summed E-state index contributed by atoms with van der Waals surface area (Å²) < 4.78 is 13.1. The molecule has 4 rings (SSSR count). The smallest absolute Gasteiger partial charge is 0.239 e. The van der Waals surface area contributed by atoms with Gasteiger partial charge < -0.3 is 15.5 Å². The van der Waals surface area contributed by atoms with E-state index in [1.807, 2.05) is 12.1 Å². The van der Waals surface area contributed by atoms with Crippen molar-refractivity contribution in [1.29, 1.82) is 0 Å². The molecule has 2 aromatic rings. The topological polar surface area (TPSA) is 61.4 Å². The molecule has 2 aliphatic rings. The van der Waals surface area contributed by atoms with Gasteiger partial charge in [-0.2, -0.15) is 0 Å². The Bertz CT molecular complexity index is 859. The zero-order valence-electron chi connectivity index (χ0n) is 15.4. The zero-order valence-corrected chi connectivity index (χ0v) is 16.2. The Hall–Kier alpha value is -2.44. The van der Waals surface area contributed by atoms with Crippen molar-refractivity contribution in [2.24, 2.45) is 5.92 Å². The fourth-order valence-electron chi connectivity index (χ4n) is 3.90. The molecule has 0 saturated carbocycles. The molecular formula is C21H23ClFN3O2. The lowest BCUT2D eigenvalue weighted by Gasteiger charge is -2.27. The van der Waals surface area contributed by atoms with Gasteiger partial charge in [0.1, 0.15) is 11.7 Å². The number of hydrogen-bond acceptors (Lipinski definition) is 3. The third-order valence-electron chi connectivity index (χ3n) is 5.36. The van der Waals surface area contributed by atoms with Crippen LogP contribution in [0.3, 0.4) is 0 Å². The van der Waals surface area contributed by atoms with E-state index in [1.165, 1.54) is 23.3 Å². The highest BCUT2D eigenvalue weighted by Gasteiger charge is 2.37. The van der Waals surface area contributed by atoms with E-state index in [-0.39, 0.29) is 36.1 Å². The molecule has 2 N–H and O–H groups in total. The van der Waals surface area contributed by atoms with Gasteiger partial charge in [-0.25, -0.2) is 4.39 Å². The molecule has 2 heterocycles. The van der Waals surface area contributed by atoms with Gasteiger partial charge in [-0.15, -0.1) is 12.4 Å². The van der Waals surface area contributed by atoms with Crippen LogP contribution < -0.4 is 15.5 Å². The van der Waals surface area contributed by atoms with Gasteiger partial charge in [0.25, 0.3) is 0 Å². The summed E-state index contributed by atoms with van der Waals surface area (Å²) in [4.78, 5) is 26.8. The third kappa shape index (κ3) is 4.03. The zero-order chi connectivity index (χ0) is 18.8. The number of halogens is 2. The van der Waals surface area contributed by atoms with Gasteiger partial charge in [0, 0.05) is 24.8 Å². The molecule has 5 nitrogen and oxygen atoms in total. The number of nitrogens with one attached hydrogen (secondary N) is 2. The predicted octanol–water partition coefficient (Wildman–Crippen LogP) is 2.60. The second-order valence-electron chi connectivity index (χ2n) is 7.01. The lowest BCUT2D eigenvalue weighted by molar-refractivity contribution is -0.132. The maximum atomic E-state index is 13.1. The molecule has 2 amide bonds. The van der Waals surface area contributed by atoms with Gasteiger partial charge >= 0.3 is 0 Å². The standard InChI is InChI=1S/C21H22FN3O2.ClH/c22-15-5-7-16(8-6-15)25-12-10-18(21(25)27)20(26)24-13-19-17-4-2-1-3-14(17)9-11-23-19;/h1-8,18-19,23H,9-13H2,(H,24,26);1H. The quantitative estimate of drug-likeness (QED) is 0.771. The number of anilines is 1. The highest BCUT2D eigenvalue weighted by Crippen LogP contribution is 2.26. The second kappa shape index (κ2) is 8.71. The molecule has 1 saturated heterocycles. The van der Waals surface area contributed by atoms with Crippen molar-refractivity contribution < 1.29 is 14.0 Å². The van der Waals surface area contributed by atoms with Crippen molar-refractivity contribution >= 4 is 29.9 Å². The average molecular weight is 404 g/mol. The van der Waals surface area contributed by atoms with Gasteiger partial charge in [0.2, 0.25) is 11.8 Å². The van der Waals surface area contributed by atoms with E-state index >= 15 is 0 Å². The molecule has 0 aliphatic carbocycles. The molecule has 0 spiro atoms. The normalized spacial score (nSPS) is 21.0. The van der Waals surface area contributed by atoms with Crippen LogP contribution in [0.25, 0.3) is 0 Å². The summed E-state index contributed by atoms with van der Waals surface area (Å²) in [5, 5.41) is 6.36. The fraction of sp³-hybridized carbons (Fsp3) is 0.333. The highest BCUT2D eigenvalue weighted by atomic mass is 35.5. The minimum atomic E-state index is -0.686. The minimum absolute atomic E-state index is 0. The first-order chi connectivity index (χ1) is 13.1. The molecule has 7 heteroatoms. The summed E-state index contributed by atoms with van der Waals surface area (Å²) in [6.45, 7) is 1.79. The second-order valence-corrected chi connectivity index (χ2v) is 7.01. The largest absolute Gasteiger partial charge is 0.353 e. The number of amides is 2. The van der Waals surface area contributed by atoms with Crippen molar-refractivity contribution in [2.45, 2.75) is 18.9 Å². The van der Waals surface area contributed by atoms with Crippen LogP contribution >= 0.6 is 12.4 Å². The fourth-order valence-corrected chi connectivity index (χ4v) is 3.90. The summed E-state index contributed by atoms with van der Waals surface area (Å²) >= 11 is 0.